The van der Waals surface area contributed by atoms with Crippen LogP contribution < -0.4 is 0 Å². The van der Waals surface area contributed by atoms with Gasteiger partial charge in [-0.05, 0) is 57.0 Å². The van der Waals surface area contributed by atoms with Crippen LogP contribution in [0.25, 0.3) is 0 Å². The highest BCUT2D eigenvalue weighted by molar-refractivity contribution is 7.98. The van der Waals surface area contributed by atoms with Crippen molar-refractivity contribution in [3.63, 3.8) is 0 Å². The number of halogens is 1. The number of carbonyl (C=O) groups is 1. The first kappa shape index (κ1) is 29.2. The first-order valence-corrected chi connectivity index (χ1v) is 16.2. The molecule has 0 spiro atoms. The van der Waals surface area contributed by atoms with Crippen LogP contribution in [0.2, 0.25) is 0 Å². The van der Waals surface area contributed by atoms with Crippen molar-refractivity contribution in [3.05, 3.63) is 92.7 Å². The Balaban J connectivity index is 1.74. The van der Waals surface area contributed by atoms with Gasteiger partial charge < -0.3 is 4.74 Å². The van der Waals surface area contributed by atoms with Crippen molar-refractivity contribution in [3.8, 4) is 0 Å². The number of nitrogens with zero attached hydrogens (tertiary/aromatic N) is 1. The fourth-order valence-electron chi connectivity index (χ4n) is 5.93. The minimum absolute atomic E-state index is 0.0186. The van der Waals surface area contributed by atoms with Crippen molar-refractivity contribution >= 4 is 25.6 Å². The predicted molar refractivity (Wildman–Crippen MR) is 149 cm³/mol. The van der Waals surface area contributed by atoms with Crippen molar-refractivity contribution in [1.29, 1.82) is 0 Å². The van der Waals surface area contributed by atoms with Gasteiger partial charge in [0.1, 0.15) is 12.4 Å². The van der Waals surface area contributed by atoms with E-state index < -0.39 is 54.1 Å². The van der Waals surface area contributed by atoms with E-state index >= 15 is 4.39 Å². The number of hydrogen-bond acceptors (Lipinski definition) is 7. The number of rotatable bonds is 7. The molecule has 10 heteroatoms. The fraction of sp³-hybridized carbons (Fsp3) is 0.414. The fourth-order valence-corrected chi connectivity index (χ4v) is 10.4. The molecular formula is C29H34FNO6S2. The average Bonchev–Trinajstić information content (AvgIpc) is 2.92. The summed E-state index contributed by atoms with van der Waals surface area (Å²) in [5, 5.41) is 0. The maximum atomic E-state index is 15.6. The molecule has 0 aromatic heterocycles. The molecule has 2 aromatic carbocycles. The molecular weight excluding hydrogens is 541 g/mol. The lowest BCUT2D eigenvalue weighted by Gasteiger charge is -2.40. The number of aryl methyl sites for hydroxylation is 1. The van der Waals surface area contributed by atoms with Crippen LogP contribution in [0.4, 0.5) is 4.39 Å². The highest BCUT2D eigenvalue weighted by Crippen LogP contribution is 2.52. The van der Waals surface area contributed by atoms with Gasteiger partial charge in [-0.15, -0.1) is 0 Å². The topological polar surface area (TPSA) is 97.8 Å². The Morgan fingerprint density at radius 1 is 1.03 bits per heavy atom. The number of ether oxygens (including phenoxy) is 1. The van der Waals surface area contributed by atoms with Gasteiger partial charge in [0.15, 0.2) is 19.7 Å². The molecule has 0 amide bonds. The maximum Gasteiger partial charge on any atom is 0.335 e. The van der Waals surface area contributed by atoms with Gasteiger partial charge in [-0.25, -0.2) is 26.0 Å². The zero-order chi connectivity index (χ0) is 28.6. The highest BCUT2D eigenvalue weighted by Gasteiger charge is 2.52. The molecule has 0 radical (unpaired) electrons. The normalized spacial score (nSPS) is 22.4. The van der Waals surface area contributed by atoms with E-state index in [0.717, 1.165) is 5.56 Å². The Bertz CT molecular complexity index is 1540. The largest absolute Gasteiger partial charge is 0.461 e. The summed E-state index contributed by atoms with van der Waals surface area (Å²) in [6.07, 6.45) is -0.0186. The third-order valence-electron chi connectivity index (χ3n) is 7.48. The minimum Gasteiger partial charge on any atom is -0.461 e. The maximum absolute atomic E-state index is 15.6. The highest BCUT2D eigenvalue weighted by atomic mass is 32.2. The van der Waals surface area contributed by atoms with Crippen molar-refractivity contribution in [2.24, 2.45) is 0 Å². The Kier molecular flexibility index (Phi) is 8.21. The predicted octanol–water partition coefficient (Wildman–Crippen LogP) is 3.88. The number of allylic oxidation sites excluding steroid dienone is 2. The van der Waals surface area contributed by atoms with E-state index in [2.05, 4.69) is 0 Å². The molecule has 0 N–H and O–H groups in total. The van der Waals surface area contributed by atoms with Gasteiger partial charge in [-0.1, -0.05) is 48.0 Å². The van der Waals surface area contributed by atoms with Crippen LogP contribution in [0.1, 0.15) is 37.0 Å². The van der Waals surface area contributed by atoms with Gasteiger partial charge in [0.25, 0.3) is 0 Å². The standard InChI is InChI=1S/C29H34FNO6S2/c1-20-9-8-12-24(30)25(20)29(3)26(28(32)37-14-13-31(4)18-22-10-6-5-7-11-22)21(2)17-23-19-38(33,34)15-16-39(35,36)27(23)29/h5-12H,13-19H2,1-4H3/t29-/m1/s1. The zero-order valence-electron chi connectivity index (χ0n) is 22.7. The Morgan fingerprint density at radius 2 is 1.72 bits per heavy atom. The van der Waals surface area contributed by atoms with E-state index in [9.17, 15) is 21.6 Å². The van der Waals surface area contributed by atoms with Crippen molar-refractivity contribution in [1.82, 2.24) is 4.90 Å². The van der Waals surface area contributed by atoms with Crippen molar-refractivity contribution in [2.75, 3.05) is 37.5 Å². The number of esters is 1. The Labute approximate surface area is 230 Å². The van der Waals surface area contributed by atoms with Gasteiger partial charge in [0.05, 0.1) is 33.2 Å². The Hall–Kier alpha value is -2.82. The average molecular weight is 576 g/mol. The summed E-state index contributed by atoms with van der Waals surface area (Å²) in [6.45, 7) is 5.92. The van der Waals surface area contributed by atoms with Gasteiger partial charge in [0.2, 0.25) is 0 Å². The zero-order valence-corrected chi connectivity index (χ0v) is 24.3. The molecule has 7 nitrogen and oxygen atoms in total. The number of sulfone groups is 2. The number of likely N-dealkylation sites (N-methyl/N-ethyl adjacent to an activating group) is 1. The summed E-state index contributed by atoms with van der Waals surface area (Å²) < 4.78 is 73.9. The van der Waals surface area contributed by atoms with Crippen molar-refractivity contribution < 1.29 is 30.8 Å². The second-order valence-electron chi connectivity index (χ2n) is 10.6. The van der Waals surface area contributed by atoms with E-state index in [1.54, 1.807) is 19.9 Å². The van der Waals surface area contributed by atoms with E-state index in [1.165, 1.54) is 19.1 Å². The van der Waals surface area contributed by atoms with E-state index in [-0.39, 0.29) is 34.6 Å². The number of benzene rings is 2. The number of carbonyl (C=O) groups excluding carboxylic acids is 1. The number of hydrogen-bond donors (Lipinski definition) is 0. The molecule has 1 heterocycles. The monoisotopic (exact) mass is 575 g/mol. The molecule has 0 fully saturated rings. The minimum atomic E-state index is -4.16. The molecule has 1 aliphatic heterocycles. The molecule has 2 aliphatic rings. The van der Waals surface area contributed by atoms with Crippen LogP contribution in [-0.4, -0.2) is 65.2 Å². The summed E-state index contributed by atoms with van der Waals surface area (Å²) in [4.78, 5) is 15.5. The van der Waals surface area contributed by atoms with Crippen LogP contribution >= 0.6 is 0 Å². The molecule has 0 bridgehead atoms. The second kappa shape index (κ2) is 11.0. The molecule has 2 aromatic rings. The summed E-state index contributed by atoms with van der Waals surface area (Å²) in [5.74, 6) is -3.01. The van der Waals surface area contributed by atoms with Crippen LogP contribution in [-0.2, 0) is 41.2 Å². The first-order chi connectivity index (χ1) is 18.3. The van der Waals surface area contributed by atoms with E-state index in [0.29, 0.717) is 24.2 Å². The van der Waals surface area contributed by atoms with Crippen LogP contribution in [0, 0.1) is 12.7 Å². The Morgan fingerprint density at radius 3 is 2.38 bits per heavy atom. The summed E-state index contributed by atoms with van der Waals surface area (Å²) >= 11 is 0. The van der Waals surface area contributed by atoms with Crippen LogP contribution in [0.3, 0.4) is 0 Å². The van der Waals surface area contributed by atoms with Gasteiger partial charge in [-0.3, -0.25) is 4.90 Å². The molecule has 0 saturated carbocycles. The first-order valence-electron chi connectivity index (χ1n) is 12.8. The molecule has 1 atom stereocenters. The third-order valence-corrected chi connectivity index (χ3v) is 11.4. The van der Waals surface area contributed by atoms with Gasteiger partial charge in [-0.2, -0.15) is 0 Å². The van der Waals surface area contributed by atoms with Crippen LogP contribution in [0.5, 0.6) is 0 Å². The van der Waals surface area contributed by atoms with E-state index in [4.69, 9.17) is 4.74 Å². The lowest BCUT2D eigenvalue weighted by atomic mass is 9.67. The molecule has 1 aliphatic carbocycles. The molecule has 4 rings (SSSR count). The van der Waals surface area contributed by atoms with Crippen molar-refractivity contribution in [2.45, 2.75) is 39.2 Å². The molecule has 0 saturated heterocycles. The van der Waals surface area contributed by atoms with E-state index in [1.807, 2.05) is 42.3 Å². The molecule has 0 unspecified atom stereocenters. The lowest BCUT2D eigenvalue weighted by Crippen LogP contribution is -2.41. The summed E-state index contributed by atoms with van der Waals surface area (Å²) in [6, 6.07) is 14.2. The third kappa shape index (κ3) is 5.88. The smallest absolute Gasteiger partial charge is 0.335 e. The van der Waals surface area contributed by atoms with Gasteiger partial charge >= 0.3 is 5.97 Å². The quantitative estimate of drug-likeness (QED) is 0.462. The van der Waals surface area contributed by atoms with Crippen LogP contribution in [0.15, 0.2) is 70.2 Å². The lowest BCUT2D eigenvalue weighted by molar-refractivity contribution is -0.140. The molecule has 210 valence electrons. The summed E-state index contributed by atoms with van der Waals surface area (Å²) in [7, 11) is -5.96. The molecule has 39 heavy (non-hydrogen) atoms. The SMILES string of the molecule is CC1=C(C(=O)OCCN(C)Cc2ccccc2)[C@@](C)(c2c(C)cccc2F)C2=C(C1)CS(=O)(=O)CCS2(=O)=O. The second-order valence-corrected chi connectivity index (χ2v) is 14.8. The van der Waals surface area contributed by atoms with Gasteiger partial charge in [0, 0.05) is 18.7 Å². The summed E-state index contributed by atoms with van der Waals surface area (Å²) in [5.41, 5.74) is 0.541.